The normalized spacial score (nSPS) is 10.5. The van der Waals surface area contributed by atoms with E-state index in [4.69, 9.17) is 0 Å². The van der Waals surface area contributed by atoms with Gasteiger partial charge in [-0.15, -0.1) is 0 Å². The van der Waals surface area contributed by atoms with E-state index in [-0.39, 0.29) is 6.03 Å². The zero-order chi connectivity index (χ0) is 13.5. The quantitative estimate of drug-likeness (QED) is 0.826. The molecule has 0 aliphatic rings. The highest BCUT2D eigenvalue weighted by atomic mass is 32.2. The maximum Gasteiger partial charge on any atom is 0.321 e. The highest BCUT2D eigenvalue weighted by Gasteiger charge is 2.14. The molecule has 0 spiro atoms. The minimum atomic E-state index is -2.50. The molecular weight excluding hydrogens is 258 g/mol. The van der Waals surface area contributed by atoms with E-state index in [2.05, 4.69) is 5.32 Å². The lowest BCUT2D eigenvalue weighted by molar-refractivity contribution is 0.217. The second-order valence-electron chi connectivity index (χ2n) is 3.48. The first-order valence-corrected chi connectivity index (χ1v) is 6.56. The number of rotatable bonds is 5. The molecule has 0 radical (unpaired) electrons. The molecule has 0 aromatic heterocycles. The molecule has 1 rings (SSSR count). The van der Waals surface area contributed by atoms with Crippen LogP contribution in [0.15, 0.2) is 29.2 Å². The Morgan fingerprint density at radius 1 is 1.33 bits per heavy atom. The highest BCUT2D eigenvalue weighted by Crippen LogP contribution is 2.31. The fourth-order valence-electron chi connectivity index (χ4n) is 1.47. The van der Waals surface area contributed by atoms with Gasteiger partial charge < -0.3 is 10.2 Å². The van der Waals surface area contributed by atoms with Crippen LogP contribution in [0.25, 0.3) is 0 Å². The summed E-state index contributed by atoms with van der Waals surface area (Å²) in [6.07, 6.45) is 0. The number of hydrogen-bond donors (Lipinski definition) is 1. The Hall–Kier alpha value is -1.30. The van der Waals surface area contributed by atoms with Gasteiger partial charge in [0, 0.05) is 18.0 Å². The van der Waals surface area contributed by atoms with Crippen LogP contribution in [0.4, 0.5) is 19.3 Å². The summed E-state index contributed by atoms with van der Waals surface area (Å²) in [4.78, 5) is 13.8. The fourth-order valence-corrected chi connectivity index (χ4v) is 2.07. The Morgan fingerprint density at radius 3 is 2.50 bits per heavy atom. The van der Waals surface area contributed by atoms with Crippen molar-refractivity contribution in [1.29, 1.82) is 0 Å². The number of halogens is 2. The summed E-state index contributed by atoms with van der Waals surface area (Å²) in [6, 6.07) is 6.27. The van der Waals surface area contributed by atoms with Crippen LogP contribution in [-0.4, -0.2) is 29.8 Å². The number of carbonyl (C=O) groups excluding carboxylic acids is 1. The van der Waals surface area contributed by atoms with E-state index < -0.39 is 5.76 Å². The minimum absolute atomic E-state index is 0.276. The third kappa shape index (κ3) is 4.18. The standard InChI is InChI=1S/C12H16F2N2OS/c1-3-16(4-2)12(17)15-9-7-5-6-8-10(9)18-11(13)14/h5-8,11H,3-4H2,1-2H3,(H,15,17). The Labute approximate surface area is 110 Å². The predicted octanol–water partition coefficient (Wildman–Crippen LogP) is 3.88. The van der Waals surface area contributed by atoms with Crippen LogP contribution >= 0.6 is 11.8 Å². The molecule has 1 N–H and O–H groups in total. The molecule has 0 saturated carbocycles. The first-order valence-electron chi connectivity index (χ1n) is 5.68. The lowest BCUT2D eigenvalue weighted by Crippen LogP contribution is -2.34. The number of nitrogens with one attached hydrogen (secondary N) is 1. The van der Waals surface area contributed by atoms with Gasteiger partial charge in [0.1, 0.15) is 0 Å². The van der Waals surface area contributed by atoms with Crippen LogP contribution in [0, 0.1) is 0 Å². The van der Waals surface area contributed by atoms with Crippen molar-refractivity contribution in [3.8, 4) is 0 Å². The van der Waals surface area contributed by atoms with Gasteiger partial charge in [-0.3, -0.25) is 0 Å². The monoisotopic (exact) mass is 274 g/mol. The Balaban J connectivity index is 2.80. The maximum atomic E-state index is 12.4. The minimum Gasteiger partial charge on any atom is -0.325 e. The summed E-state index contributed by atoms with van der Waals surface area (Å²) >= 11 is 0.427. The molecule has 0 bridgehead atoms. The molecule has 1 aromatic carbocycles. The SMILES string of the molecule is CCN(CC)C(=O)Nc1ccccc1SC(F)F. The van der Waals surface area contributed by atoms with E-state index in [1.165, 1.54) is 0 Å². The number of amides is 2. The third-order valence-corrected chi connectivity index (χ3v) is 3.18. The van der Waals surface area contributed by atoms with Crippen molar-refractivity contribution >= 4 is 23.5 Å². The molecule has 0 fully saturated rings. The third-order valence-electron chi connectivity index (χ3n) is 2.40. The van der Waals surface area contributed by atoms with E-state index in [0.29, 0.717) is 35.4 Å². The first kappa shape index (κ1) is 14.8. The molecule has 100 valence electrons. The van der Waals surface area contributed by atoms with Crippen molar-refractivity contribution in [2.75, 3.05) is 18.4 Å². The molecular formula is C12H16F2N2OS. The van der Waals surface area contributed by atoms with Crippen molar-refractivity contribution in [1.82, 2.24) is 4.90 Å². The van der Waals surface area contributed by atoms with Crippen LogP contribution in [0.5, 0.6) is 0 Å². The van der Waals surface area contributed by atoms with Crippen molar-refractivity contribution in [2.45, 2.75) is 24.5 Å². The fraction of sp³-hybridized carbons (Fsp3) is 0.417. The van der Waals surface area contributed by atoms with Crippen LogP contribution in [0.2, 0.25) is 0 Å². The number of thioether (sulfide) groups is 1. The average Bonchev–Trinajstić information content (AvgIpc) is 2.32. The topological polar surface area (TPSA) is 32.3 Å². The summed E-state index contributed by atoms with van der Waals surface area (Å²) in [5.74, 6) is -2.50. The number of alkyl halides is 2. The van der Waals surface area contributed by atoms with Gasteiger partial charge in [-0.2, -0.15) is 8.78 Å². The van der Waals surface area contributed by atoms with Gasteiger partial charge in [-0.1, -0.05) is 23.9 Å². The van der Waals surface area contributed by atoms with E-state index in [0.717, 1.165) is 0 Å². The van der Waals surface area contributed by atoms with Crippen LogP contribution in [0.1, 0.15) is 13.8 Å². The molecule has 0 aliphatic heterocycles. The number of benzene rings is 1. The molecule has 0 aliphatic carbocycles. The maximum absolute atomic E-state index is 12.4. The van der Waals surface area contributed by atoms with Crippen molar-refractivity contribution in [3.05, 3.63) is 24.3 Å². The summed E-state index contributed by atoms with van der Waals surface area (Å²) < 4.78 is 24.7. The van der Waals surface area contributed by atoms with E-state index in [1.807, 2.05) is 13.8 Å². The Bertz CT molecular complexity index is 397. The summed E-state index contributed by atoms with van der Waals surface area (Å²) in [7, 11) is 0. The van der Waals surface area contributed by atoms with E-state index in [1.54, 1.807) is 29.2 Å². The Morgan fingerprint density at radius 2 is 1.94 bits per heavy atom. The molecule has 0 heterocycles. The zero-order valence-corrected chi connectivity index (χ0v) is 11.1. The summed E-state index contributed by atoms with van der Waals surface area (Å²) in [6.45, 7) is 4.88. The zero-order valence-electron chi connectivity index (χ0n) is 10.3. The summed E-state index contributed by atoms with van der Waals surface area (Å²) in [5.41, 5.74) is 0.416. The number of hydrogen-bond acceptors (Lipinski definition) is 2. The van der Waals surface area contributed by atoms with E-state index >= 15 is 0 Å². The first-order chi connectivity index (χ1) is 8.58. The highest BCUT2D eigenvalue weighted by molar-refractivity contribution is 7.99. The van der Waals surface area contributed by atoms with Crippen LogP contribution in [0.3, 0.4) is 0 Å². The molecule has 3 nitrogen and oxygen atoms in total. The van der Waals surface area contributed by atoms with Gasteiger partial charge in [0.05, 0.1) is 5.69 Å². The lowest BCUT2D eigenvalue weighted by atomic mass is 10.3. The van der Waals surface area contributed by atoms with E-state index in [9.17, 15) is 13.6 Å². The second kappa shape index (κ2) is 7.20. The number of para-hydroxylation sites is 1. The average molecular weight is 274 g/mol. The molecule has 0 unspecified atom stereocenters. The lowest BCUT2D eigenvalue weighted by Gasteiger charge is -2.20. The van der Waals surface area contributed by atoms with Crippen LogP contribution in [-0.2, 0) is 0 Å². The van der Waals surface area contributed by atoms with Gasteiger partial charge in [-0.05, 0) is 26.0 Å². The Kier molecular flexibility index (Phi) is 5.91. The number of nitrogens with zero attached hydrogens (tertiary/aromatic N) is 1. The number of urea groups is 1. The predicted molar refractivity (Wildman–Crippen MR) is 70.2 cm³/mol. The van der Waals surface area contributed by atoms with Gasteiger partial charge in [0.15, 0.2) is 0 Å². The smallest absolute Gasteiger partial charge is 0.321 e. The molecule has 2 amide bonds. The molecule has 0 saturated heterocycles. The van der Waals surface area contributed by atoms with Gasteiger partial charge in [0.25, 0.3) is 5.76 Å². The van der Waals surface area contributed by atoms with Crippen molar-refractivity contribution in [2.24, 2.45) is 0 Å². The van der Waals surface area contributed by atoms with Gasteiger partial charge in [-0.25, -0.2) is 4.79 Å². The van der Waals surface area contributed by atoms with Gasteiger partial charge in [0.2, 0.25) is 0 Å². The largest absolute Gasteiger partial charge is 0.325 e. The molecule has 6 heteroatoms. The molecule has 1 aromatic rings. The van der Waals surface area contributed by atoms with Crippen molar-refractivity contribution < 1.29 is 13.6 Å². The number of carbonyl (C=O) groups is 1. The van der Waals surface area contributed by atoms with Crippen LogP contribution < -0.4 is 5.32 Å². The summed E-state index contributed by atoms with van der Waals surface area (Å²) in [5, 5.41) is 2.65. The number of anilines is 1. The second-order valence-corrected chi connectivity index (χ2v) is 4.51. The molecule has 18 heavy (non-hydrogen) atoms. The van der Waals surface area contributed by atoms with Crippen molar-refractivity contribution in [3.63, 3.8) is 0 Å². The molecule has 0 atom stereocenters. The van der Waals surface area contributed by atoms with Gasteiger partial charge >= 0.3 is 6.03 Å².